The van der Waals surface area contributed by atoms with Crippen LogP contribution in [0.25, 0.3) is 111 Å². The monoisotopic (exact) mass is 862 g/mol. The Morgan fingerprint density at radius 2 is 0.758 bits per heavy atom. The fourth-order valence-electron chi connectivity index (χ4n) is 9.70. The topological polar surface area (TPSA) is 35.6 Å². The molecule has 0 radical (unpaired) electrons. The summed E-state index contributed by atoms with van der Waals surface area (Å²) in [6.07, 6.45) is 0. The molecule has 4 nitrogen and oxygen atoms in total. The predicted octanol–water partition coefficient (Wildman–Crippen LogP) is 15.6. The molecule has 0 saturated carbocycles. The molecule has 3 heterocycles. The molecule has 12 aromatic rings. The molecule has 0 N–H and O–H groups in total. The van der Waals surface area contributed by atoms with Crippen LogP contribution in [0.5, 0.6) is 0 Å². The minimum absolute atomic E-state index is 0.707. The maximum absolute atomic E-state index is 5.14. The van der Waals surface area contributed by atoms with Crippen LogP contribution >= 0.6 is 0 Å². The number of benzene rings is 9. The molecule has 0 spiro atoms. The number of para-hydroxylation sites is 2. The third-order valence-corrected chi connectivity index (χ3v) is 15.2. The summed E-state index contributed by atoms with van der Waals surface area (Å²) in [7, 11) is -1.40. The van der Waals surface area contributed by atoms with Crippen molar-refractivity contribution in [3.05, 3.63) is 224 Å². The van der Waals surface area contributed by atoms with Gasteiger partial charge < -0.3 is 9.13 Å². The zero-order chi connectivity index (χ0) is 44.4. The van der Waals surface area contributed by atoms with Crippen LogP contribution in [0, 0.1) is 0 Å². The largest absolute Gasteiger partial charge is 0.309 e. The SMILES string of the molecule is C[Si](C)(C)c1ccc(-n2c3ccccc3c3cc(-c4ccc(-c5ccc6c(c5)c5ccccc5n6-c5cccc(-c6cc(-c7ccccc7)nc(-c7ccccc7)n6)c5)cc4)ccc32)cc1. The molecular weight excluding hydrogens is 817 g/mol. The Hall–Kier alpha value is -8.12. The Morgan fingerprint density at radius 1 is 0.303 bits per heavy atom. The fourth-order valence-corrected chi connectivity index (χ4v) is 10.9. The van der Waals surface area contributed by atoms with Crippen LogP contribution in [-0.2, 0) is 0 Å². The highest BCUT2D eigenvalue weighted by molar-refractivity contribution is 6.88. The first kappa shape index (κ1) is 39.5. The van der Waals surface area contributed by atoms with Gasteiger partial charge in [-0.05, 0) is 89.0 Å². The van der Waals surface area contributed by atoms with Gasteiger partial charge in [-0.3, -0.25) is 0 Å². The third-order valence-electron chi connectivity index (χ3n) is 13.1. The number of rotatable bonds is 8. The number of hydrogen-bond donors (Lipinski definition) is 0. The van der Waals surface area contributed by atoms with Gasteiger partial charge in [0, 0.05) is 49.6 Å². The van der Waals surface area contributed by atoms with Gasteiger partial charge in [-0.25, -0.2) is 9.97 Å². The first-order valence-corrected chi connectivity index (χ1v) is 26.2. The maximum atomic E-state index is 5.14. The lowest BCUT2D eigenvalue weighted by Crippen LogP contribution is -2.37. The zero-order valence-electron chi connectivity index (χ0n) is 37.2. The molecule has 0 bridgehead atoms. The van der Waals surface area contributed by atoms with E-state index in [0.717, 1.165) is 44.8 Å². The highest BCUT2D eigenvalue weighted by Crippen LogP contribution is 2.39. The summed E-state index contributed by atoms with van der Waals surface area (Å²) in [6, 6.07) is 81.1. The van der Waals surface area contributed by atoms with E-state index < -0.39 is 8.07 Å². The van der Waals surface area contributed by atoms with Crippen molar-refractivity contribution in [3.63, 3.8) is 0 Å². The second kappa shape index (κ2) is 15.8. The van der Waals surface area contributed by atoms with Crippen LogP contribution in [-0.4, -0.2) is 27.2 Å². The van der Waals surface area contributed by atoms with Crippen LogP contribution in [0.15, 0.2) is 224 Å². The Bertz CT molecular complexity index is 3710. The average Bonchev–Trinajstić information content (AvgIpc) is 3.89. The van der Waals surface area contributed by atoms with Crippen molar-refractivity contribution in [3.8, 4) is 67.5 Å². The standard InChI is InChI=1S/C61H46N4Si/c1-66(2,3)50-33-31-48(32-34-50)64-57-23-12-10-21-51(57)53-38-45(29-35-59(53)64)41-25-27-42(28-26-41)46-30-36-60-54(39-46)52-22-11-13-24-58(52)65(60)49-20-14-19-47(37-49)56-40-55(43-15-6-4-7-16-43)62-61(63-56)44-17-8-5-9-18-44/h4-40H,1-3H3. The van der Waals surface area contributed by atoms with Crippen molar-refractivity contribution in [2.75, 3.05) is 0 Å². The van der Waals surface area contributed by atoms with Crippen molar-refractivity contribution < 1.29 is 0 Å². The van der Waals surface area contributed by atoms with Gasteiger partial charge in [0.25, 0.3) is 0 Å². The molecule has 3 aromatic heterocycles. The highest BCUT2D eigenvalue weighted by atomic mass is 28.3. The van der Waals surface area contributed by atoms with Gasteiger partial charge in [0.1, 0.15) is 0 Å². The van der Waals surface area contributed by atoms with E-state index >= 15 is 0 Å². The van der Waals surface area contributed by atoms with Crippen LogP contribution in [0.3, 0.4) is 0 Å². The molecule has 0 amide bonds. The van der Waals surface area contributed by atoms with E-state index in [1.54, 1.807) is 0 Å². The van der Waals surface area contributed by atoms with Gasteiger partial charge in [-0.2, -0.15) is 0 Å². The minimum atomic E-state index is -1.40. The first-order chi connectivity index (χ1) is 32.3. The van der Waals surface area contributed by atoms with E-state index in [1.807, 2.05) is 24.3 Å². The minimum Gasteiger partial charge on any atom is -0.309 e. The summed E-state index contributed by atoms with van der Waals surface area (Å²) in [5.41, 5.74) is 16.7. The third kappa shape index (κ3) is 6.93. The Kier molecular flexibility index (Phi) is 9.47. The summed E-state index contributed by atoms with van der Waals surface area (Å²) in [5.74, 6) is 0.707. The van der Waals surface area contributed by atoms with E-state index in [-0.39, 0.29) is 0 Å². The van der Waals surface area contributed by atoms with Crippen LogP contribution in [0.1, 0.15) is 0 Å². The first-order valence-electron chi connectivity index (χ1n) is 22.7. The lowest BCUT2D eigenvalue weighted by Gasteiger charge is -2.17. The Balaban J connectivity index is 0.896. The zero-order valence-corrected chi connectivity index (χ0v) is 38.2. The smallest absolute Gasteiger partial charge is 0.160 e. The molecule has 0 aliphatic rings. The van der Waals surface area contributed by atoms with Gasteiger partial charge in [-0.1, -0.05) is 183 Å². The van der Waals surface area contributed by atoms with E-state index in [0.29, 0.717) is 5.82 Å². The summed E-state index contributed by atoms with van der Waals surface area (Å²) in [4.78, 5) is 10.2. The molecule has 0 fully saturated rings. The molecule has 5 heteroatoms. The summed E-state index contributed by atoms with van der Waals surface area (Å²) >= 11 is 0. The number of hydrogen-bond acceptors (Lipinski definition) is 2. The molecule has 66 heavy (non-hydrogen) atoms. The quantitative estimate of drug-likeness (QED) is 0.143. The average molecular weight is 863 g/mol. The molecule has 0 aliphatic heterocycles. The van der Waals surface area contributed by atoms with Gasteiger partial charge in [-0.15, -0.1) is 0 Å². The number of fused-ring (bicyclic) bond motifs is 6. The summed E-state index contributed by atoms with van der Waals surface area (Å²) < 4.78 is 4.80. The number of nitrogens with zero attached hydrogens (tertiary/aromatic N) is 4. The van der Waals surface area contributed by atoms with Crippen molar-refractivity contribution in [1.29, 1.82) is 0 Å². The molecule has 0 unspecified atom stereocenters. The van der Waals surface area contributed by atoms with Crippen molar-refractivity contribution in [1.82, 2.24) is 19.1 Å². The van der Waals surface area contributed by atoms with Gasteiger partial charge >= 0.3 is 0 Å². The second-order valence-corrected chi connectivity index (χ2v) is 23.4. The van der Waals surface area contributed by atoms with Crippen molar-refractivity contribution in [2.45, 2.75) is 19.6 Å². The van der Waals surface area contributed by atoms with E-state index in [2.05, 4.69) is 229 Å². The summed E-state index contributed by atoms with van der Waals surface area (Å²) in [6.45, 7) is 7.21. The van der Waals surface area contributed by atoms with Gasteiger partial charge in [0.05, 0.1) is 41.5 Å². The van der Waals surface area contributed by atoms with E-state index in [4.69, 9.17) is 9.97 Å². The predicted molar refractivity (Wildman–Crippen MR) is 281 cm³/mol. The molecule has 0 saturated heterocycles. The molecule has 12 rings (SSSR count). The molecule has 0 aliphatic carbocycles. The van der Waals surface area contributed by atoms with E-state index in [9.17, 15) is 0 Å². The maximum Gasteiger partial charge on any atom is 0.160 e. The molecule has 9 aromatic carbocycles. The Labute approximate surface area is 385 Å². The van der Waals surface area contributed by atoms with Crippen LogP contribution in [0.4, 0.5) is 0 Å². The fraction of sp³-hybridized carbons (Fsp3) is 0.0492. The van der Waals surface area contributed by atoms with Gasteiger partial charge in [0.2, 0.25) is 0 Å². The lowest BCUT2D eigenvalue weighted by atomic mass is 9.98. The molecule has 0 atom stereocenters. The van der Waals surface area contributed by atoms with Crippen molar-refractivity contribution >= 4 is 56.9 Å². The lowest BCUT2D eigenvalue weighted by molar-refractivity contribution is 1.16. The van der Waals surface area contributed by atoms with Crippen LogP contribution < -0.4 is 5.19 Å². The van der Waals surface area contributed by atoms with E-state index in [1.165, 1.54) is 65.7 Å². The number of aromatic nitrogens is 4. The molecular formula is C61H46N4Si. The normalized spacial score (nSPS) is 11.9. The highest BCUT2D eigenvalue weighted by Gasteiger charge is 2.19. The summed E-state index contributed by atoms with van der Waals surface area (Å²) in [5, 5.41) is 6.44. The van der Waals surface area contributed by atoms with Crippen LogP contribution in [0.2, 0.25) is 19.6 Å². The Morgan fingerprint density at radius 3 is 1.32 bits per heavy atom. The van der Waals surface area contributed by atoms with Gasteiger partial charge in [0.15, 0.2) is 5.82 Å². The second-order valence-electron chi connectivity index (χ2n) is 18.3. The molecule has 314 valence electrons. The van der Waals surface area contributed by atoms with Crippen molar-refractivity contribution in [2.24, 2.45) is 0 Å².